The van der Waals surface area contributed by atoms with Crippen LogP contribution in [0.1, 0.15) is 23.1 Å². The van der Waals surface area contributed by atoms with E-state index in [1.807, 2.05) is 13.8 Å². The lowest BCUT2D eigenvalue weighted by atomic mass is 9.98. The Morgan fingerprint density at radius 2 is 1.85 bits per heavy atom. The molecule has 0 atom stereocenters. The Labute approximate surface area is 79.4 Å². The Bertz CT molecular complexity index is 322. The highest BCUT2D eigenvalue weighted by Crippen LogP contribution is 2.21. The number of phenolic OH excluding ortho intramolecular Hbond substituents is 1. The summed E-state index contributed by atoms with van der Waals surface area (Å²) < 4.78 is 0. The van der Waals surface area contributed by atoms with Gasteiger partial charge >= 0.3 is 0 Å². The molecule has 0 heterocycles. The molecule has 1 aromatic rings. The maximum atomic E-state index is 9.30. The number of hydrogen-bond acceptors (Lipinski definition) is 1. The summed E-state index contributed by atoms with van der Waals surface area (Å²) in [5.41, 5.74) is 3.50. The van der Waals surface area contributed by atoms with Crippen molar-refractivity contribution in [1.29, 1.82) is 0 Å². The minimum Gasteiger partial charge on any atom is -0.508 e. The summed E-state index contributed by atoms with van der Waals surface area (Å²) in [4.78, 5) is 0. The number of phenols is 1. The Balaban J connectivity index is 3.00. The second-order valence-electron chi connectivity index (χ2n) is 3.26. The van der Waals surface area contributed by atoms with Crippen LogP contribution >= 0.6 is 0 Å². The van der Waals surface area contributed by atoms with Crippen molar-refractivity contribution in [2.24, 2.45) is 0 Å². The molecule has 0 radical (unpaired) electrons. The number of benzene rings is 1. The van der Waals surface area contributed by atoms with Gasteiger partial charge in [0.25, 0.3) is 0 Å². The van der Waals surface area contributed by atoms with E-state index in [1.54, 1.807) is 12.1 Å². The summed E-state index contributed by atoms with van der Waals surface area (Å²) >= 11 is 0. The molecule has 0 bridgehead atoms. The molecule has 0 fully saturated rings. The molecule has 0 unspecified atom stereocenters. The molecule has 1 nitrogen and oxygen atoms in total. The van der Waals surface area contributed by atoms with Crippen LogP contribution in [0.5, 0.6) is 5.75 Å². The second kappa shape index (κ2) is 4.00. The summed E-state index contributed by atoms with van der Waals surface area (Å²) in [5.74, 6) is 2.96. The van der Waals surface area contributed by atoms with E-state index in [1.165, 1.54) is 5.56 Å². The number of aromatic hydroxyl groups is 1. The van der Waals surface area contributed by atoms with Crippen LogP contribution in [0.2, 0.25) is 0 Å². The van der Waals surface area contributed by atoms with Gasteiger partial charge in [-0.05, 0) is 49.1 Å². The van der Waals surface area contributed by atoms with Gasteiger partial charge in [-0.15, -0.1) is 12.3 Å². The van der Waals surface area contributed by atoms with Crippen LogP contribution in [0.3, 0.4) is 0 Å². The highest BCUT2D eigenvalue weighted by Gasteiger charge is 2.03. The highest BCUT2D eigenvalue weighted by atomic mass is 16.3. The molecule has 0 amide bonds. The summed E-state index contributed by atoms with van der Waals surface area (Å²) in [6.45, 7) is 4.00. The van der Waals surface area contributed by atoms with E-state index < -0.39 is 0 Å². The van der Waals surface area contributed by atoms with Gasteiger partial charge < -0.3 is 5.11 Å². The van der Waals surface area contributed by atoms with Crippen molar-refractivity contribution in [3.63, 3.8) is 0 Å². The molecule has 0 saturated carbocycles. The minimum atomic E-state index is 0.333. The second-order valence-corrected chi connectivity index (χ2v) is 3.26. The molecule has 0 aliphatic rings. The first-order valence-electron chi connectivity index (χ1n) is 4.37. The van der Waals surface area contributed by atoms with E-state index in [9.17, 15) is 5.11 Å². The largest absolute Gasteiger partial charge is 0.508 e. The van der Waals surface area contributed by atoms with Crippen molar-refractivity contribution < 1.29 is 5.11 Å². The first-order valence-corrected chi connectivity index (χ1v) is 4.37. The quantitative estimate of drug-likeness (QED) is 0.683. The van der Waals surface area contributed by atoms with Gasteiger partial charge in [-0.25, -0.2) is 0 Å². The molecular formula is C12H14O. The summed E-state index contributed by atoms with van der Waals surface area (Å²) in [7, 11) is 0. The summed E-state index contributed by atoms with van der Waals surface area (Å²) in [5, 5.41) is 9.30. The van der Waals surface area contributed by atoms with Crippen LogP contribution in [-0.4, -0.2) is 5.11 Å². The molecule has 0 saturated heterocycles. The van der Waals surface area contributed by atoms with Crippen LogP contribution in [0.4, 0.5) is 0 Å². The number of rotatable bonds is 2. The molecular weight excluding hydrogens is 160 g/mol. The smallest absolute Gasteiger partial charge is 0.116 e. The topological polar surface area (TPSA) is 20.2 Å². The van der Waals surface area contributed by atoms with Crippen LogP contribution in [0.15, 0.2) is 12.1 Å². The van der Waals surface area contributed by atoms with Crippen molar-refractivity contribution in [3.8, 4) is 18.1 Å². The highest BCUT2D eigenvalue weighted by molar-refractivity contribution is 5.40. The van der Waals surface area contributed by atoms with Gasteiger partial charge in [0.2, 0.25) is 0 Å². The standard InChI is InChI=1S/C12H14O/c1-4-5-6-12-9(2)7-11(13)8-10(12)3/h1,7-8,13H,5-6H2,2-3H3. The fourth-order valence-corrected chi connectivity index (χ4v) is 1.56. The summed E-state index contributed by atoms with van der Waals surface area (Å²) in [6, 6.07) is 3.55. The van der Waals surface area contributed by atoms with Crippen molar-refractivity contribution in [1.82, 2.24) is 0 Å². The van der Waals surface area contributed by atoms with E-state index >= 15 is 0 Å². The van der Waals surface area contributed by atoms with Gasteiger partial charge in [0.15, 0.2) is 0 Å². The van der Waals surface area contributed by atoms with E-state index in [2.05, 4.69) is 5.92 Å². The lowest BCUT2D eigenvalue weighted by molar-refractivity contribution is 0.474. The van der Waals surface area contributed by atoms with Crippen LogP contribution in [-0.2, 0) is 6.42 Å². The third kappa shape index (κ3) is 2.26. The van der Waals surface area contributed by atoms with Gasteiger partial charge in [0.1, 0.15) is 5.75 Å². The van der Waals surface area contributed by atoms with Gasteiger partial charge in [-0.1, -0.05) is 0 Å². The lowest BCUT2D eigenvalue weighted by Crippen LogP contribution is -1.93. The molecule has 13 heavy (non-hydrogen) atoms. The van der Waals surface area contributed by atoms with Gasteiger partial charge in [0.05, 0.1) is 0 Å². The Morgan fingerprint density at radius 3 is 2.31 bits per heavy atom. The zero-order valence-corrected chi connectivity index (χ0v) is 8.09. The molecule has 1 N–H and O–H groups in total. The van der Waals surface area contributed by atoms with Crippen LogP contribution < -0.4 is 0 Å². The van der Waals surface area contributed by atoms with E-state index in [4.69, 9.17) is 6.42 Å². The molecule has 0 aromatic heterocycles. The van der Waals surface area contributed by atoms with E-state index in [0.717, 1.165) is 24.0 Å². The lowest BCUT2D eigenvalue weighted by Gasteiger charge is -2.08. The fraction of sp³-hybridized carbons (Fsp3) is 0.333. The fourth-order valence-electron chi connectivity index (χ4n) is 1.56. The zero-order valence-electron chi connectivity index (χ0n) is 8.09. The van der Waals surface area contributed by atoms with Crippen molar-refractivity contribution >= 4 is 0 Å². The van der Waals surface area contributed by atoms with E-state index in [-0.39, 0.29) is 0 Å². The molecule has 0 aliphatic carbocycles. The normalized spacial score (nSPS) is 9.62. The molecule has 1 aromatic carbocycles. The average molecular weight is 174 g/mol. The maximum Gasteiger partial charge on any atom is 0.116 e. The van der Waals surface area contributed by atoms with Crippen molar-refractivity contribution in [2.75, 3.05) is 0 Å². The minimum absolute atomic E-state index is 0.333. The summed E-state index contributed by atoms with van der Waals surface area (Å²) in [6.07, 6.45) is 6.86. The molecule has 0 aliphatic heterocycles. The third-order valence-corrected chi connectivity index (χ3v) is 2.20. The Kier molecular flexibility index (Phi) is 2.97. The van der Waals surface area contributed by atoms with Gasteiger partial charge in [-0.2, -0.15) is 0 Å². The molecule has 1 heteroatoms. The monoisotopic (exact) mass is 174 g/mol. The average Bonchev–Trinajstić information content (AvgIpc) is 2.02. The number of hydrogen-bond donors (Lipinski definition) is 1. The predicted octanol–water partition coefficient (Wildman–Crippen LogP) is 2.57. The zero-order chi connectivity index (χ0) is 9.84. The van der Waals surface area contributed by atoms with Gasteiger partial charge in [0, 0.05) is 6.42 Å². The first-order chi connectivity index (χ1) is 6.15. The molecule has 68 valence electrons. The van der Waals surface area contributed by atoms with Gasteiger partial charge in [-0.3, -0.25) is 0 Å². The van der Waals surface area contributed by atoms with E-state index in [0.29, 0.717) is 5.75 Å². The predicted molar refractivity (Wildman–Crippen MR) is 54.7 cm³/mol. The molecule has 0 spiro atoms. The van der Waals surface area contributed by atoms with Crippen LogP contribution in [0.25, 0.3) is 0 Å². The maximum absolute atomic E-state index is 9.30. The molecule has 1 rings (SSSR count). The van der Waals surface area contributed by atoms with Crippen molar-refractivity contribution in [3.05, 3.63) is 28.8 Å². The Hall–Kier alpha value is -1.42. The SMILES string of the molecule is C#CCCc1c(C)cc(O)cc1C. The van der Waals surface area contributed by atoms with Crippen LogP contribution in [0, 0.1) is 26.2 Å². The first kappa shape index (κ1) is 9.67. The number of aryl methyl sites for hydroxylation is 2. The number of terminal acetylenes is 1. The Morgan fingerprint density at radius 1 is 1.31 bits per heavy atom. The van der Waals surface area contributed by atoms with Crippen molar-refractivity contribution in [2.45, 2.75) is 26.7 Å². The third-order valence-electron chi connectivity index (χ3n) is 2.20.